The Morgan fingerprint density at radius 2 is 2.00 bits per heavy atom. The molecule has 0 saturated carbocycles. The molecule has 3 rings (SSSR count). The number of halogens is 1. The van der Waals surface area contributed by atoms with Crippen LogP contribution in [0.15, 0.2) is 41.4 Å². The first-order valence-corrected chi connectivity index (χ1v) is 8.32. The van der Waals surface area contributed by atoms with Gasteiger partial charge in [-0.15, -0.1) is 0 Å². The molecule has 0 radical (unpaired) electrons. The second-order valence-corrected chi connectivity index (χ2v) is 5.93. The number of hydrogen-bond donors (Lipinski definition) is 2. The molecular formula is C18H20ClN3O3. The number of fused-ring (bicyclic) bond motifs is 1. The number of guanidine groups is 1. The number of ether oxygens (including phenoxy) is 3. The van der Waals surface area contributed by atoms with Crippen LogP contribution in [0.3, 0.4) is 0 Å². The predicted octanol–water partition coefficient (Wildman–Crippen LogP) is 3.44. The highest BCUT2D eigenvalue weighted by Crippen LogP contribution is 2.32. The highest BCUT2D eigenvalue weighted by atomic mass is 35.5. The van der Waals surface area contributed by atoms with E-state index in [1.54, 1.807) is 19.2 Å². The number of anilines is 1. The molecule has 0 bridgehead atoms. The zero-order valence-electron chi connectivity index (χ0n) is 13.9. The highest BCUT2D eigenvalue weighted by Gasteiger charge is 2.11. The number of benzene rings is 2. The molecule has 0 amide bonds. The largest absolute Gasteiger partial charge is 0.496 e. The van der Waals surface area contributed by atoms with E-state index in [4.69, 9.17) is 31.5 Å². The van der Waals surface area contributed by atoms with Crippen LogP contribution in [-0.2, 0) is 6.54 Å². The van der Waals surface area contributed by atoms with Crippen LogP contribution in [0.25, 0.3) is 0 Å². The van der Waals surface area contributed by atoms with Crippen molar-refractivity contribution in [3.05, 3.63) is 47.0 Å². The van der Waals surface area contributed by atoms with Crippen LogP contribution in [0, 0.1) is 0 Å². The van der Waals surface area contributed by atoms with Gasteiger partial charge in [-0.05, 0) is 30.3 Å². The molecule has 1 aliphatic heterocycles. The fourth-order valence-corrected chi connectivity index (χ4v) is 2.66. The zero-order valence-corrected chi connectivity index (χ0v) is 14.7. The van der Waals surface area contributed by atoms with Crippen molar-refractivity contribution in [2.75, 3.05) is 25.6 Å². The summed E-state index contributed by atoms with van der Waals surface area (Å²) in [5.74, 6) is 2.45. The Morgan fingerprint density at radius 3 is 2.80 bits per heavy atom. The molecule has 1 heterocycles. The third-order valence-electron chi connectivity index (χ3n) is 3.68. The number of nitrogens with zero attached hydrogens (tertiary/aromatic N) is 1. The third kappa shape index (κ3) is 4.48. The quantitative estimate of drug-likeness (QED) is 0.644. The normalized spacial score (nSPS) is 13.9. The fraction of sp³-hybridized carbons (Fsp3) is 0.278. The second-order valence-electron chi connectivity index (χ2n) is 5.49. The average Bonchev–Trinajstić information content (AvgIpc) is 2.85. The number of nitrogens with two attached hydrogens (primary N) is 1. The van der Waals surface area contributed by atoms with Crippen LogP contribution >= 0.6 is 11.6 Å². The van der Waals surface area contributed by atoms with E-state index in [1.165, 1.54) is 0 Å². The van der Waals surface area contributed by atoms with E-state index in [0.29, 0.717) is 30.5 Å². The van der Waals surface area contributed by atoms with Crippen LogP contribution in [0.5, 0.6) is 17.2 Å². The average molecular weight is 362 g/mol. The first-order valence-electron chi connectivity index (χ1n) is 7.95. The summed E-state index contributed by atoms with van der Waals surface area (Å²) >= 11 is 6.02. The smallest absolute Gasteiger partial charge is 0.193 e. The lowest BCUT2D eigenvalue weighted by molar-refractivity contribution is 0.297. The van der Waals surface area contributed by atoms with Gasteiger partial charge in [0.2, 0.25) is 0 Å². The minimum atomic E-state index is 0.288. The molecule has 0 fully saturated rings. The van der Waals surface area contributed by atoms with Gasteiger partial charge in [0.25, 0.3) is 0 Å². The molecule has 1 aliphatic rings. The number of hydrogen-bond acceptors (Lipinski definition) is 4. The molecule has 25 heavy (non-hydrogen) atoms. The molecule has 2 aromatic carbocycles. The molecule has 6 nitrogen and oxygen atoms in total. The molecule has 3 N–H and O–H groups in total. The fourth-order valence-electron chi connectivity index (χ4n) is 2.47. The summed E-state index contributed by atoms with van der Waals surface area (Å²) in [4.78, 5) is 4.34. The maximum Gasteiger partial charge on any atom is 0.193 e. The Bertz CT molecular complexity index is 780. The minimum absolute atomic E-state index is 0.288. The molecular weight excluding hydrogens is 342 g/mol. The van der Waals surface area contributed by atoms with Crippen LogP contribution < -0.4 is 25.3 Å². The lowest BCUT2D eigenvalue weighted by Gasteiger charge is -2.11. The summed E-state index contributed by atoms with van der Waals surface area (Å²) in [6.07, 6.45) is 0.864. The highest BCUT2D eigenvalue weighted by molar-refractivity contribution is 6.30. The summed E-state index contributed by atoms with van der Waals surface area (Å²) in [6, 6.07) is 11.0. The zero-order chi connectivity index (χ0) is 17.6. The Labute approximate surface area is 151 Å². The summed E-state index contributed by atoms with van der Waals surface area (Å²) < 4.78 is 16.6. The molecule has 0 spiro atoms. The van der Waals surface area contributed by atoms with Crippen molar-refractivity contribution in [1.82, 2.24) is 0 Å². The summed E-state index contributed by atoms with van der Waals surface area (Å²) in [6.45, 7) is 1.65. The molecule has 132 valence electrons. The second kappa shape index (κ2) is 7.98. The van der Waals surface area contributed by atoms with E-state index in [-0.39, 0.29) is 5.96 Å². The molecule has 0 aliphatic carbocycles. The van der Waals surface area contributed by atoms with E-state index in [9.17, 15) is 0 Å². The SMILES string of the molecule is COc1ccc(Cl)cc1CN=C(N)Nc1ccc2c(c1)OCCCO2. The number of methoxy groups -OCH3 is 1. The van der Waals surface area contributed by atoms with Crippen molar-refractivity contribution < 1.29 is 14.2 Å². The van der Waals surface area contributed by atoms with Crippen molar-refractivity contribution in [1.29, 1.82) is 0 Å². The van der Waals surface area contributed by atoms with E-state index in [1.807, 2.05) is 24.3 Å². The maximum atomic E-state index is 6.02. The van der Waals surface area contributed by atoms with Gasteiger partial charge in [-0.3, -0.25) is 0 Å². The van der Waals surface area contributed by atoms with Gasteiger partial charge in [0, 0.05) is 28.8 Å². The van der Waals surface area contributed by atoms with Gasteiger partial charge in [-0.25, -0.2) is 4.99 Å². The molecule has 0 aromatic heterocycles. The van der Waals surface area contributed by atoms with E-state index in [0.717, 1.165) is 29.2 Å². The van der Waals surface area contributed by atoms with Gasteiger partial charge in [0.15, 0.2) is 17.5 Å². The lowest BCUT2D eigenvalue weighted by atomic mass is 10.2. The first-order chi connectivity index (χ1) is 12.2. The van der Waals surface area contributed by atoms with Crippen LogP contribution in [0.1, 0.15) is 12.0 Å². The Morgan fingerprint density at radius 1 is 1.20 bits per heavy atom. The summed E-state index contributed by atoms with van der Waals surface area (Å²) in [7, 11) is 1.61. The Balaban J connectivity index is 1.70. The van der Waals surface area contributed by atoms with E-state index < -0.39 is 0 Å². The summed E-state index contributed by atoms with van der Waals surface area (Å²) in [5.41, 5.74) is 7.62. The van der Waals surface area contributed by atoms with Crippen molar-refractivity contribution in [2.45, 2.75) is 13.0 Å². The van der Waals surface area contributed by atoms with E-state index in [2.05, 4.69) is 10.3 Å². The number of rotatable bonds is 4. The summed E-state index contributed by atoms with van der Waals surface area (Å²) in [5, 5.41) is 3.68. The predicted molar refractivity (Wildman–Crippen MR) is 99.0 cm³/mol. The lowest BCUT2D eigenvalue weighted by Crippen LogP contribution is -2.22. The van der Waals surface area contributed by atoms with Gasteiger partial charge < -0.3 is 25.3 Å². The Hall–Kier alpha value is -2.60. The van der Waals surface area contributed by atoms with Crippen LogP contribution in [0.4, 0.5) is 5.69 Å². The van der Waals surface area contributed by atoms with Crippen molar-refractivity contribution in [2.24, 2.45) is 10.7 Å². The first kappa shape index (κ1) is 17.2. The van der Waals surface area contributed by atoms with Crippen molar-refractivity contribution in [3.8, 4) is 17.2 Å². The monoisotopic (exact) mass is 361 g/mol. The standard InChI is InChI=1S/C18H20ClN3O3/c1-23-15-5-3-13(19)9-12(15)11-21-18(20)22-14-4-6-16-17(10-14)25-8-2-7-24-16/h3-6,9-10H,2,7-8,11H2,1H3,(H3,20,21,22). The van der Waals surface area contributed by atoms with Gasteiger partial charge in [0.1, 0.15) is 5.75 Å². The van der Waals surface area contributed by atoms with Gasteiger partial charge in [-0.2, -0.15) is 0 Å². The van der Waals surface area contributed by atoms with Gasteiger partial charge in [0.05, 0.1) is 26.9 Å². The van der Waals surface area contributed by atoms with Gasteiger partial charge >= 0.3 is 0 Å². The van der Waals surface area contributed by atoms with Crippen molar-refractivity contribution >= 4 is 23.2 Å². The molecule has 2 aromatic rings. The number of aliphatic imine (C=N–C) groups is 1. The van der Waals surface area contributed by atoms with Crippen molar-refractivity contribution in [3.63, 3.8) is 0 Å². The molecule has 0 saturated heterocycles. The van der Waals surface area contributed by atoms with Crippen LogP contribution in [-0.4, -0.2) is 26.3 Å². The van der Waals surface area contributed by atoms with Gasteiger partial charge in [-0.1, -0.05) is 11.6 Å². The van der Waals surface area contributed by atoms with Crippen LogP contribution in [0.2, 0.25) is 5.02 Å². The molecule has 0 atom stereocenters. The molecule has 7 heteroatoms. The topological polar surface area (TPSA) is 78.1 Å². The molecule has 0 unspecified atom stereocenters. The van der Waals surface area contributed by atoms with E-state index >= 15 is 0 Å². The minimum Gasteiger partial charge on any atom is -0.496 e. The number of nitrogens with one attached hydrogen (secondary N) is 1. The maximum absolute atomic E-state index is 6.02. The third-order valence-corrected chi connectivity index (χ3v) is 3.92. The Kier molecular flexibility index (Phi) is 5.50.